The van der Waals surface area contributed by atoms with Crippen LogP contribution >= 0.6 is 36.6 Å². The van der Waals surface area contributed by atoms with Gasteiger partial charge in [0.25, 0.3) is 0 Å². The molecule has 26 heavy (non-hydrogen) atoms. The summed E-state index contributed by atoms with van der Waals surface area (Å²) in [6.45, 7) is 2.19. The van der Waals surface area contributed by atoms with Gasteiger partial charge in [0.05, 0.1) is 16.9 Å². The molecule has 2 aromatic rings. The standard InChI is InChI=1S/C19H21N3OS.2ClH/c23-16(5-4-14-8-10-20-11-9-14)6-7-17-12-15-13-21-18-2-1-3-19(24-17)22(15)18;;/h1-3,6-7,12-14,20H,4-5,8-11H2;2*1H/b7-6+;;. The number of thioether (sulfide) groups is 1. The van der Waals surface area contributed by atoms with Gasteiger partial charge in [0.15, 0.2) is 5.78 Å². The fourth-order valence-corrected chi connectivity index (χ4v) is 4.36. The highest BCUT2D eigenvalue weighted by Crippen LogP contribution is 2.34. The minimum absolute atomic E-state index is 0. The number of hydrogen-bond acceptors (Lipinski definition) is 4. The first-order chi connectivity index (χ1) is 11.8. The number of hydrogen-bond donors (Lipinski definition) is 1. The Labute approximate surface area is 170 Å². The molecule has 2 aromatic heterocycles. The van der Waals surface area contributed by atoms with Crippen molar-refractivity contribution < 1.29 is 4.79 Å². The predicted molar refractivity (Wildman–Crippen MR) is 112 cm³/mol. The fourth-order valence-electron chi connectivity index (χ4n) is 3.36. The Bertz CT molecular complexity index is 825. The van der Waals surface area contributed by atoms with Gasteiger partial charge in [0.2, 0.25) is 0 Å². The van der Waals surface area contributed by atoms with E-state index in [1.807, 2.05) is 24.4 Å². The lowest BCUT2D eigenvalue weighted by Gasteiger charge is -2.21. The van der Waals surface area contributed by atoms with Crippen LogP contribution in [0.4, 0.5) is 0 Å². The Morgan fingerprint density at radius 3 is 2.92 bits per heavy atom. The van der Waals surface area contributed by atoms with E-state index in [9.17, 15) is 4.79 Å². The molecule has 0 radical (unpaired) electrons. The van der Waals surface area contributed by atoms with Gasteiger partial charge in [0.1, 0.15) is 5.65 Å². The van der Waals surface area contributed by atoms with Gasteiger partial charge in [0, 0.05) is 11.3 Å². The van der Waals surface area contributed by atoms with E-state index in [1.54, 1.807) is 17.8 Å². The van der Waals surface area contributed by atoms with Gasteiger partial charge in [-0.05, 0) is 68.6 Å². The third-order valence-electron chi connectivity index (χ3n) is 4.72. The molecule has 0 spiro atoms. The van der Waals surface area contributed by atoms with Crippen molar-refractivity contribution in [2.75, 3.05) is 13.1 Å². The van der Waals surface area contributed by atoms with Crippen LogP contribution in [0.3, 0.4) is 0 Å². The van der Waals surface area contributed by atoms with Crippen LogP contribution in [0, 0.1) is 5.92 Å². The average molecular weight is 412 g/mol. The topological polar surface area (TPSA) is 46.4 Å². The molecule has 4 heterocycles. The third-order valence-corrected chi connectivity index (χ3v) is 5.74. The van der Waals surface area contributed by atoms with Crippen molar-refractivity contribution in [1.29, 1.82) is 0 Å². The van der Waals surface area contributed by atoms with Gasteiger partial charge >= 0.3 is 0 Å². The molecular formula is C19H23Cl2N3OS. The maximum Gasteiger partial charge on any atom is 0.155 e. The minimum Gasteiger partial charge on any atom is -0.317 e. The summed E-state index contributed by atoms with van der Waals surface area (Å²) in [5.74, 6) is 0.936. The molecule has 0 saturated carbocycles. The maximum atomic E-state index is 12.2. The summed E-state index contributed by atoms with van der Waals surface area (Å²) >= 11 is 1.68. The van der Waals surface area contributed by atoms with Crippen molar-refractivity contribution >= 4 is 54.1 Å². The van der Waals surface area contributed by atoms with E-state index in [0.29, 0.717) is 12.3 Å². The highest BCUT2D eigenvalue weighted by atomic mass is 35.5. The van der Waals surface area contributed by atoms with Crippen molar-refractivity contribution in [3.05, 3.63) is 47.1 Å². The van der Waals surface area contributed by atoms with E-state index in [4.69, 9.17) is 0 Å². The highest BCUT2D eigenvalue weighted by molar-refractivity contribution is 8.03. The lowest BCUT2D eigenvalue weighted by atomic mass is 9.92. The number of halogens is 2. The smallest absolute Gasteiger partial charge is 0.155 e. The molecule has 1 saturated heterocycles. The number of carbonyl (C=O) groups is 1. The quantitative estimate of drug-likeness (QED) is 0.733. The van der Waals surface area contributed by atoms with Crippen LogP contribution in [0.2, 0.25) is 0 Å². The molecule has 4 rings (SSSR count). The van der Waals surface area contributed by atoms with Crippen LogP contribution in [0.15, 0.2) is 46.5 Å². The second kappa shape index (κ2) is 9.60. The Morgan fingerprint density at radius 1 is 1.31 bits per heavy atom. The van der Waals surface area contributed by atoms with Gasteiger partial charge in [-0.1, -0.05) is 17.8 Å². The van der Waals surface area contributed by atoms with Crippen LogP contribution in [-0.4, -0.2) is 28.3 Å². The summed E-state index contributed by atoms with van der Waals surface area (Å²) in [7, 11) is 0. The molecule has 0 aliphatic carbocycles. The summed E-state index contributed by atoms with van der Waals surface area (Å²) in [5, 5.41) is 4.51. The summed E-state index contributed by atoms with van der Waals surface area (Å²) in [6, 6.07) is 6.11. The van der Waals surface area contributed by atoms with Crippen LogP contribution in [0.1, 0.15) is 31.4 Å². The first kappa shape index (κ1) is 21.0. The van der Waals surface area contributed by atoms with E-state index in [2.05, 4.69) is 26.8 Å². The van der Waals surface area contributed by atoms with Crippen LogP contribution in [0.25, 0.3) is 11.7 Å². The minimum atomic E-state index is 0. The van der Waals surface area contributed by atoms with E-state index in [1.165, 1.54) is 12.8 Å². The number of pyridine rings is 1. The first-order valence-corrected chi connectivity index (χ1v) is 9.39. The number of imidazole rings is 1. The molecule has 140 valence electrons. The number of carbonyl (C=O) groups excluding carboxylic acids is 1. The third kappa shape index (κ3) is 4.71. The Balaban J connectivity index is 0.00000121. The Morgan fingerprint density at radius 2 is 2.12 bits per heavy atom. The van der Waals surface area contributed by atoms with E-state index >= 15 is 0 Å². The first-order valence-electron chi connectivity index (χ1n) is 8.57. The number of nitrogens with zero attached hydrogens (tertiary/aromatic N) is 2. The number of rotatable bonds is 5. The van der Waals surface area contributed by atoms with E-state index in [0.717, 1.165) is 40.8 Å². The fraction of sp³-hybridized carbons (Fsp3) is 0.368. The van der Waals surface area contributed by atoms with Crippen molar-refractivity contribution in [2.24, 2.45) is 5.92 Å². The molecule has 0 amide bonds. The molecule has 1 fully saturated rings. The molecule has 0 unspecified atom stereocenters. The van der Waals surface area contributed by atoms with Gasteiger partial charge in [-0.2, -0.15) is 0 Å². The zero-order chi connectivity index (χ0) is 16.4. The van der Waals surface area contributed by atoms with Crippen molar-refractivity contribution in [2.45, 2.75) is 30.7 Å². The van der Waals surface area contributed by atoms with Crippen LogP contribution in [-0.2, 0) is 4.79 Å². The molecule has 0 atom stereocenters. The summed E-state index contributed by atoms with van der Waals surface area (Å²) in [5.41, 5.74) is 2.04. The Hall–Kier alpha value is -1.27. The van der Waals surface area contributed by atoms with Crippen molar-refractivity contribution in [3.8, 4) is 0 Å². The van der Waals surface area contributed by atoms with Crippen LogP contribution in [0.5, 0.6) is 0 Å². The number of ketones is 1. The monoisotopic (exact) mass is 411 g/mol. The van der Waals surface area contributed by atoms with Crippen LogP contribution < -0.4 is 5.32 Å². The Kier molecular flexibility index (Phi) is 7.77. The van der Waals surface area contributed by atoms with Crippen molar-refractivity contribution in [1.82, 2.24) is 14.7 Å². The SMILES string of the molecule is Cl.Cl.O=C(/C=C/C1=Cc2cnc3cccc(n23)S1)CCC1CCNCC1. The zero-order valence-corrected chi connectivity index (χ0v) is 16.8. The molecule has 4 nitrogen and oxygen atoms in total. The maximum absolute atomic E-state index is 12.2. The van der Waals surface area contributed by atoms with Gasteiger partial charge < -0.3 is 5.32 Å². The lowest BCUT2D eigenvalue weighted by molar-refractivity contribution is -0.114. The number of aromatic nitrogens is 2. The number of nitrogens with one attached hydrogen (secondary N) is 1. The summed E-state index contributed by atoms with van der Waals surface area (Å²) in [6.07, 6.45) is 11.7. The average Bonchev–Trinajstić information content (AvgIpc) is 3.04. The molecule has 7 heteroatoms. The lowest BCUT2D eigenvalue weighted by Crippen LogP contribution is -2.27. The van der Waals surface area contributed by atoms with E-state index < -0.39 is 0 Å². The molecule has 2 aliphatic rings. The number of piperidine rings is 1. The largest absolute Gasteiger partial charge is 0.317 e. The van der Waals surface area contributed by atoms with Gasteiger partial charge in [-0.3, -0.25) is 9.20 Å². The second-order valence-electron chi connectivity index (χ2n) is 6.42. The summed E-state index contributed by atoms with van der Waals surface area (Å²) in [4.78, 5) is 17.7. The molecule has 0 bridgehead atoms. The molecule has 0 aromatic carbocycles. The van der Waals surface area contributed by atoms with Gasteiger partial charge in [-0.25, -0.2) is 4.98 Å². The molecular weight excluding hydrogens is 389 g/mol. The normalized spacial score (nSPS) is 16.8. The highest BCUT2D eigenvalue weighted by Gasteiger charge is 2.15. The van der Waals surface area contributed by atoms with Gasteiger partial charge in [-0.15, -0.1) is 24.8 Å². The zero-order valence-electron chi connectivity index (χ0n) is 14.4. The summed E-state index contributed by atoms with van der Waals surface area (Å²) < 4.78 is 2.14. The predicted octanol–water partition coefficient (Wildman–Crippen LogP) is 4.53. The molecule has 2 aliphatic heterocycles. The second-order valence-corrected chi connectivity index (χ2v) is 7.51. The van der Waals surface area contributed by atoms with E-state index in [-0.39, 0.29) is 30.6 Å². The molecule has 1 N–H and O–H groups in total. The number of allylic oxidation sites excluding steroid dienone is 2. The van der Waals surface area contributed by atoms with Crippen molar-refractivity contribution in [3.63, 3.8) is 0 Å².